The summed E-state index contributed by atoms with van der Waals surface area (Å²) >= 11 is 3.04. The van der Waals surface area contributed by atoms with Crippen LogP contribution < -0.4 is 29.6 Å². The smallest absolute Gasteiger partial charge is 1.00 e. The number of carbonyl (C=O) groups is 1. The standard InChI is InChI=1S/C15H12N2O3S2.Na.H/c1-21-12-5-4-9(8-16-12)15-17-10(7-13(18)19)14(20-15)11-3-2-6-22-11;;/h2-6,8H,7H2,1H3,(H,18,19);;/q;+1;-1. The van der Waals surface area contributed by atoms with Crippen LogP contribution in [0.15, 0.2) is 45.3 Å². The SMILES string of the molecule is CSc1ccc(-c2nc(CC(=O)O)c(-c3cccs3)o2)cn1.[H-].[Na+]. The van der Waals surface area contributed by atoms with Crippen LogP contribution in [0.25, 0.3) is 22.1 Å². The predicted molar refractivity (Wildman–Crippen MR) is 87.3 cm³/mol. The molecule has 8 heteroatoms. The van der Waals surface area contributed by atoms with Crippen molar-refractivity contribution in [2.24, 2.45) is 0 Å². The molecule has 0 bridgehead atoms. The van der Waals surface area contributed by atoms with Gasteiger partial charge in [-0.15, -0.1) is 23.1 Å². The zero-order chi connectivity index (χ0) is 15.5. The van der Waals surface area contributed by atoms with E-state index in [1.807, 2.05) is 35.9 Å². The van der Waals surface area contributed by atoms with Crippen molar-refractivity contribution in [3.8, 4) is 22.1 Å². The van der Waals surface area contributed by atoms with E-state index in [0.717, 1.165) is 15.5 Å². The fraction of sp³-hybridized carbons (Fsp3) is 0.133. The fourth-order valence-electron chi connectivity index (χ4n) is 1.97. The molecule has 0 aliphatic carbocycles. The number of hydrogen-bond acceptors (Lipinski definition) is 6. The number of nitrogens with zero attached hydrogens (tertiary/aromatic N) is 2. The van der Waals surface area contributed by atoms with E-state index >= 15 is 0 Å². The summed E-state index contributed by atoms with van der Waals surface area (Å²) < 4.78 is 5.81. The molecule has 0 atom stereocenters. The summed E-state index contributed by atoms with van der Waals surface area (Å²) in [6, 6.07) is 7.52. The minimum Gasteiger partial charge on any atom is -1.00 e. The van der Waals surface area contributed by atoms with Crippen LogP contribution in [0.3, 0.4) is 0 Å². The Morgan fingerprint density at radius 3 is 2.83 bits per heavy atom. The van der Waals surface area contributed by atoms with Crippen LogP contribution >= 0.6 is 23.1 Å². The Morgan fingerprint density at radius 2 is 2.26 bits per heavy atom. The van der Waals surface area contributed by atoms with E-state index in [1.54, 1.807) is 18.0 Å². The van der Waals surface area contributed by atoms with Crippen molar-refractivity contribution >= 4 is 29.1 Å². The van der Waals surface area contributed by atoms with Crippen LogP contribution in [0.1, 0.15) is 7.12 Å². The summed E-state index contributed by atoms with van der Waals surface area (Å²) in [5, 5.41) is 11.9. The van der Waals surface area contributed by atoms with E-state index in [-0.39, 0.29) is 37.4 Å². The number of hydrogen-bond donors (Lipinski definition) is 1. The first-order chi connectivity index (χ1) is 10.7. The molecule has 0 aliphatic rings. The Labute approximate surface area is 164 Å². The third-order valence-electron chi connectivity index (χ3n) is 2.95. The largest absolute Gasteiger partial charge is 1.00 e. The van der Waals surface area contributed by atoms with Crippen molar-refractivity contribution in [2.75, 3.05) is 6.26 Å². The number of thiophene rings is 1. The zero-order valence-electron chi connectivity index (χ0n) is 13.6. The number of carboxylic acid groups (broad SMARTS) is 1. The Morgan fingerprint density at radius 1 is 1.43 bits per heavy atom. The van der Waals surface area contributed by atoms with Crippen molar-refractivity contribution in [3.63, 3.8) is 0 Å². The molecule has 5 nitrogen and oxygen atoms in total. The van der Waals surface area contributed by atoms with Gasteiger partial charge in [-0.2, -0.15) is 0 Å². The van der Waals surface area contributed by atoms with E-state index < -0.39 is 5.97 Å². The number of aliphatic carboxylic acids is 1. The number of carboxylic acids is 1. The van der Waals surface area contributed by atoms with Crippen molar-refractivity contribution < 1.29 is 45.3 Å². The third kappa shape index (κ3) is 4.24. The second-order valence-corrected chi connectivity index (χ2v) is 6.21. The summed E-state index contributed by atoms with van der Waals surface area (Å²) in [6.45, 7) is 0. The molecular weight excluding hydrogens is 343 g/mol. The molecule has 0 aromatic carbocycles. The van der Waals surface area contributed by atoms with Crippen LogP contribution in [0.5, 0.6) is 0 Å². The number of rotatable bonds is 5. The number of pyridine rings is 1. The molecule has 3 heterocycles. The molecule has 0 aliphatic heterocycles. The molecule has 23 heavy (non-hydrogen) atoms. The first kappa shape index (κ1) is 18.2. The molecule has 0 amide bonds. The zero-order valence-corrected chi connectivity index (χ0v) is 16.3. The molecule has 0 saturated heterocycles. The minimum atomic E-state index is -0.937. The van der Waals surface area contributed by atoms with Gasteiger partial charge in [0.1, 0.15) is 0 Å². The Kier molecular flexibility index (Phi) is 6.43. The minimum absolute atomic E-state index is 0. The predicted octanol–water partition coefficient (Wildman–Crippen LogP) is 0.931. The van der Waals surface area contributed by atoms with Crippen LogP contribution in [0, 0.1) is 0 Å². The number of thioether (sulfide) groups is 1. The van der Waals surface area contributed by atoms with Crippen molar-refractivity contribution in [2.45, 2.75) is 11.4 Å². The molecule has 3 aromatic rings. The van der Waals surface area contributed by atoms with Gasteiger partial charge < -0.3 is 11.0 Å². The molecular formula is C15H13N2NaO3S2. The van der Waals surface area contributed by atoms with E-state index in [9.17, 15) is 4.79 Å². The maximum Gasteiger partial charge on any atom is 1.00 e. The van der Waals surface area contributed by atoms with E-state index in [2.05, 4.69) is 9.97 Å². The Balaban J connectivity index is 0.00000144. The normalized spacial score (nSPS) is 10.3. The first-order valence-electron chi connectivity index (χ1n) is 6.43. The average Bonchev–Trinajstić information content (AvgIpc) is 3.16. The summed E-state index contributed by atoms with van der Waals surface area (Å²) in [5.41, 5.74) is 1.16. The quantitative estimate of drug-likeness (QED) is 0.541. The molecule has 3 rings (SSSR count). The second kappa shape index (κ2) is 8.12. The van der Waals surface area contributed by atoms with E-state index in [1.165, 1.54) is 11.3 Å². The van der Waals surface area contributed by atoms with Gasteiger partial charge in [0.25, 0.3) is 0 Å². The molecule has 114 valence electrons. The van der Waals surface area contributed by atoms with Gasteiger partial charge in [0.05, 0.1) is 27.6 Å². The van der Waals surface area contributed by atoms with Crippen LogP contribution in [0.4, 0.5) is 0 Å². The van der Waals surface area contributed by atoms with Crippen LogP contribution in [-0.2, 0) is 11.2 Å². The molecule has 0 radical (unpaired) electrons. The molecule has 0 saturated carbocycles. The van der Waals surface area contributed by atoms with Gasteiger partial charge in [0.15, 0.2) is 5.76 Å². The summed E-state index contributed by atoms with van der Waals surface area (Å²) in [4.78, 5) is 20.5. The van der Waals surface area contributed by atoms with Gasteiger partial charge >= 0.3 is 35.5 Å². The second-order valence-electron chi connectivity index (χ2n) is 4.43. The number of aromatic nitrogens is 2. The van der Waals surface area contributed by atoms with E-state index in [0.29, 0.717) is 17.3 Å². The van der Waals surface area contributed by atoms with Crippen LogP contribution in [-0.4, -0.2) is 27.3 Å². The van der Waals surface area contributed by atoms with Gasteiger partial charge in [-0.05, 0) is 29.8 Å². The van der Waals surface area contributed by atoms with Crippen molar-refractivity contribution in [1.82, 2.24) is 9.97 Å². The summed E-state index contributed by atoms with van der Waals surface area (Å²) in [5.74, 6) is -0.0327. The van der Waals surface area contributed by atoms with Gasteiger partial charge in [-0.3, -0.25) is 4.79 Å². The van der Waals surface area contributed by atoms with Crippen molar-refractivity contribution in [3.05, 3.63) is 41.5 Å². The monoisotopic (exact) mass is 356 g/mol. The van der Waals surface area contributed by atoms with E-state index in [4.69, 9.17) is 9.52 Å². The Hall–Kier alpha value is -1.12. The summed E-state index contributed by atoms with van der Waals surface area (Å²) in [6.07, 6.45) is 3.46. The van der Waals surface area contributed by atoms with Gasteiger partial charge in [-0.25, -0.2) is 9.97 Å². The summed E-state index contributed by atoms with van der Waals surface area (Å²) in [7, 11) is 0. The Bertz CT molecular complexity index is 792. The molecule has 0 unspecified atom stereocenters. The van der Waals surface area contributed by atoms with Crippen LogP contribution in [0.2, 0.25) is 0 Å². The molecule has 3 aromatic heterocycles. The van der Waals surface area contributed by atoms with Gasteiger partial charge in [0.2, 0.25) is 5.89 Å². The third-order valence-corrected chi connectivity index (χ3v) is 4.48. The van der Waals surface area contributed by atoms with Crippen molar-refractivity contribution in [1.29, 1.82) is 0 Å². The van der Waals surface area contributed by atoms with Gasteiger partial charge in [0, 0.05) is 6.20 Å². The maximum absolute atomic E-state index is 11.0. The topological polar surface area (TPSA) is 76.2 Å². The average molecular weight is 356 g/mol. The van der Waals surface area contributed by atoms with Gasteiger partial charge in [-0.1, -0.05) is 6.07 Å². The maximum atomic E-state index is 11.0. The molecule has 0 spiro atoms. The molecule has 0 fully saturated rings. The fourth-order valence-corrected chi connectivity index (χ4v) is 3.06. The number of oxazole rings is 1. The first-order valence-corrected chi connectivity index (χ1v) is 8.53. The molecule has 1 N–H and O–H groups in total.